The first kappa shape index (κ1) is 19.8. The van der Waals surface area contributed by atoms with Gasteiger partial charge in [0.2, 0.25) is 0 Å². The van der Waals surface area contributed by atoms with Crippen LogP contribution in [0.3, 0.4) is 0 Å². The Bertz CT molecular complexity index is 1190. The average Bonchev–Trinajstić information content (AvgIpc) is 3.21. The number of benzene rings is 2. The van der Waals surface area contributed by atoms with Crippen LogP contribution in [0.25, 0.3) is 17.0 Å². The second-order valence-electron chi connectivity index (χ2n) is 7.09. The zero-order valence-corrected chi connectivity index (χ0v) is 16.9. The molecule has 6 nitrogen and oxygen atoms in total. The Morgan fingerprint density at radius 3 is 2.67 bits per heavy atom. The molecule has 0 atom stereocenters. The molecule has 0 radical (unpaired) electrons. The van der Waals surface area contributed by atoms with Crippen molar-refractivity contribution in [2.45, 2.75) is 25.9 Å². The fraction of sp³-hybridized carbons (Fsp3) is 0.250. The summed E-state index contributed by atoms with van der Waals surface area (Å²) in [6, 6.07) is 10.7. The van der Waals surface area contributed by atoms with Crippen LogP contribution >= 0.6 is 0 Å². The molecule has 0 saturated heterocycles. The predicted molar refractivity (Wildman–Crippen MR) is 113 cm³/mol. The minimum atomic E-state index is -0.526. The third kappa shape index (κ3) is 3.94. The molecule has 1 heterocycles. The molecule has 1 aliphatic rings. The molecular weight excluding hydrogens is 384 g/mol. The van der Waals surface area contributed by atoms with Gasteiger partial charge in [-0.2, -0.15) is 0 Å². The van der Waals surface area contributed by atoms with E-state index in [1.807, 2.05) is 18.2 Å². The molecular formula is C24H22O6. The van der Waals surface area contributed by atoms with Gasteiger partial charge in [-0.15, -0.1) is 0 Å². The molecule has 0 amide bonds. The molecule has 154 valence electrons. The van der Waals surface area contributed by atoms with Crippen LogP contribution in [-0.2, 0) is 29.0 Å². The molecule has 0 saturated carbocycles. The summed E-state index contributed by atoms with van der Waals surface area (Å²) in [6.45, 7) is -0.0146. The number of rotatable bonds is 6. The molecule has 0 unspecified atom stereocenters. The van der Waals surface area contributed by atoms with Crippen LogP contribution in [0.2, 0.25) is 0 Å². The van der Waals surface area contributed by atoms with E-state index in [1.54, 1.807) is 25.3 Å². The lowest BCUT2D eigenvalue weighted by molar-refractivity contribution is -0.138. The van der Waals surface area contributed by atoms with Crippen molar-refractivity contribution in [1.29, 1.82) is 0 Å². The number of esters is 1. The second-order valence-corrected chi connectivity index (χ2v) is 7.09. The molecule has 0 aliphatic heterocycles. The van der Waals surface area contributed by atoms with Crippen molar-refractivity contribution < 1.29 is 23.4 Å². The van der Waals surface area contributed by atoms with Crippen molar-refractivity contribution in [3.63, 3.8) is 0 Å². The van der Waals surface area contributed by atoms with Crippen LogP contribution in [0, 0.1) is 0 Å². The predicted octanol–water partition coefficient (Wildman–Crippen LogP) is 4.06. The van der Waals surface area contributed by atoms with Gasteiger partial charge in [0.1, 0.15) is 12.2 Å². The van der Waals surface area contributed by atoms with E-state index in [0.717, 1.165) is 24.6 Å². The molecule has 3 aromatic rings. The summed E-state index contributed by atoms with van der Waals surface area (Å²) >= 11 is 0. The van der Waals surface area contributed by atoms with Crippen LogP contribution in [0.1, 0.15) is 28.7 Å². The summed E-state index contributed by atoms with van der Waals surface area (Å²) in [5.74, 6) is 0.579. The van der Waals surface area contributed by atoms with E-state index in [2.05, 4.69) is 0 Å². The van der Waals surface area contributed by atoms with Crippen molar-refractivity contribution in [1.82, 2.24) is 0 Å². The molecule has 2 aromatic carbocycles. The Hall–Kier alpha value is -3.54. The molecule has 0 spiro atoms. The second kappa shape index (κ2) is 8.45. The van der Waals surface area contributed by atoms with E-state index in [0.29, 0.717) is 28.2 Å². The fourth-order valence-electron chi connectivity index (χ4n) is 3.81. The van der Waals surface area contributed by atoms with Gasteiger partial charge in [0.05, 0.1) is 14.2 Å². The van der Waals surface area contributed by atoms with Crippen LogP contribution in [-0.4, -0.2) is 20.2 Å². The molecule has 6 heteroatoms. The van der Waals surface area contributed by atoms with E-state index in [1.165, 1.54) is 30.4 Å². The van der Waals surface area contributed by atoms with Crippen LogP contribution in [0.4, 0.5) is 0 Å². The first-order valence-electron chi connectivity index (χ1n) is 9.73. The number of carbonyl (C=O) groups is 1. The molecule has 4 rings (SSSR count). The molecule has 0 fully saturated rings. The summed E-state index contributed by atoms with van der Waals surface area (Å²) in [7, 11) is 3.09. The summed E-state index contributed by atoms with van der Waals surface area (Å²) in [5.41, 5.74) is 3.88. The number of ether oxygens (including phenoxy) is 3. The van der Waals surface area contributed by atoms with Gasteiger partial charge in [0.15, 0.2) is 11.5 Å². The number of methoxy groups -OCH3 is 2. The third-order valence-corrected chi connectivity index (χ3v) is 5.24. The topological polar surface area (TPSA) is 75.0 Å². The van der Waals surface area contributed by atoms with Crippen LogP contribution < -0.4 is 15.1 Å². The Labute approximate surface area is 173 Å². The van der Waals surface area contributed by atoms with E-state index in [9.17, 15) is 9.59 Å². The highest BCUT2D eigenvalue weighted by Crippen LogP contribution is 2.31. The zero-order chi connectivity index (χ0) is 21.1. The van der Waals surface area contributed by atoms with Crippen LogP contribution in [0.15, 0.2) is 51.7 Å². The number of fused-ring (bicyclic) bond motifs is 2. The maximum absolute atomic E-state index is 12.3. The fourth-order valence-corrected chi connectivity index (χ4v) is 3.81. The highest BCUT2D eigenvalue weighted by Gasteiger charge is 2.16. The standard InChI is InChI=1S/C24H22O6/c1-27-20-8-4-5-15(24(20)28-2)9-10-22(25)29-14-18-13-23(26)30-21-12-17-7-3-6-16(17)11-19(18)21/h4-5,8-13H,3,6-7,14H2,1-2H3/b10-9+. The highest BCUT2D eigenvalue weighted by atomic mass is 16.5. The molecule has 0 bridgehead atoms. The van der Waals surface area contributed by atoms with Crippen molar-refractivity contribution in [3.8, 4) is 11.5 Å². The Kier molecular flexibility index (Phi) is 5.57. The van der Waals surface area contributed by atoms with E-state index < -0.39 is 11.6 Å². The van der Waals surface area contributed by atoms with E-state index >= 15 is 0 Å². The quantitative estimate of drug-likeness (QED) is 0.349. The summed E-state index contributed by atoms with van der Waals surface area (Å²) in [5, 5.41) is 0.807. The van der Waals surface area contributed by atoms with Crippen molar-refractivity contribution in [2.24, 2.45) is 0 Å². The smallest absolute Gasteiger partial charge is 0.336 e. The summed E-state index contributed by atoms with van der Waals surface area (Å²) in [4.78, 5) is 24.2. The lowest BCUT2D eigenvalue weighted by atomic mass is 10.0. The number of carbonyl (C=O) groups excluding carboxylic acids is 1. The van der Waals surface area contributed by atoms with Gasteiger partial charge in [-0.1, -0.05) is 12.1 Å². The Morgan fingerprint density at radius 1 is 1.10 bits per heavy atom. The number of hydrogen-bond acceptors (Lipinski definition) is 6. The van der Waals surface area contributed by atoms with E-state index in [-0.39, 0.29) is 6.61 Å². The number of para-hydroxylation sites is 1. The molecule has 0 N–H and O–H groups in total. The minimum absolute atomic E-state index is 0.0146. The highest BCUT2D eigenvalue weighted by molar-refractivity contribution is 5.88. The molecule has 30 heavy (non-hydrogen) atoms. The Morgan fingerprint density at radius 2 is 1.90 bits per heavy atom. The van der Waals surface area contributed by atoms with Crippen molar-refractivity contribution >= 4 is 23.0 Å². The number of aryl methyl sites for hydroxylation is 2. The lowest BCUT2D eigenvalue weighted by Gasteiger charge is -2.10. The first-order valence-corrected chi connectivity index (χ1v) is 9.73. The normalized spacial score (nSPS) is 12.9. The maximum atomic E-state index is 12.3. The van der Waals surface area contributed by atoms with Crippen molar-refractivity contribution in [2.75, 3.05) is 14.2 Å². The average molecular weight is 406 g/mol. The van der Waals surface area contributed by atoms with Gasteiger partial charge in [-0.25, -0.2) is 9.59 Å². The SMILES string of the molecule is COc1cccc(/C=C/C(=O)OCc2cc(=O)oc3cc4c(cc23)CCC4)c1OC. The number of hydrogen-bond donors (Lipinski definition) is 0. The minimum Gasteiger partial charge on any atom is -0.493 e. The first-order chi connectivity index (χ1) is 14.6. The van der Waals surface area contributed by atoms with Gasteiger partial charge in [0, 0.05) is 28.7 Å². The largest absolute Gasteiger partial charge is 0.493 e. The van der Waals surface area contributed by atoms with Gasteiger partial charge in [-0.3, -0.25) is 0 Å². The zero-order valence-electron chi connectivity index (χ0n) is 16.9. The molecule has 1 aromatic heterocycles. The lowest BCUT2D eigenvalue weighted by Crippen LogP contribution is -2.06. The maximum Gasteiger partial charge on any atom is 0.336 e. The summed E-state index contributed by atoms with van der Waals surface area (Å²) in [6.07, 6.45) is 6.02. The Balaban J connectivity index is 1.53. The monoisotopic (exact) mass is 406 g/mol. The van der Waals surface area contributed by atoms with Gasteiger partial charge in [-0.05, 0) is 54.7 Å². The summed E-state index contributed by atoms with van der Waals surface area (Å²) < 4.78 is 21.3. The van der Waals surface area contributed by atoms with Gasteiger partial charge >= 0.3 is 11.6 Å². The van der Waals surface area contributed by atoms with E-state index in [4.69, 9.17) is 18.6 Å². The van der Waals surface area contributed by atoms with Crippen molar-refractivity contribution in [3.05, 3.63) is 75.1 Å². The molecule has 1 aliphatic carbocycles. The van der Waals surface area contributed by atoms with Crippen LogP contribution in [0.5, 0.6) is 11.5 Å². The van der Waals surface area contributed by atoms with Gasteiger partial charge in [0.25, 0.3) is 0 Å². The third-order valence-electron chi connectivity index (χ3n) is 5.24. The van der Waals surface area contributed by atoms with Gasteiger partial charge < -0.3 is 18.6 Å².